The molecule has 200 valence electrons. The van der Waals surface area contributed by atoms with E-state index in [0.29, 0.717) is 5.92 Å². The minimum Gasteiger partial charge on any atom is -0.309 e. The molecule has 6 aromatic carbocycles. The van der Waals surface area contributed by atoms with Gasteiger partial charge in [0.25, 0.3) is 0 Å². The second-order valence-corrected chi connectivity index (χ2v) is 12.5. The van der Waals surface area contributed by atoms with Crippen LogP contribution in [0.1, 0.15) is 47.6 Å². The molecule has 0 N–H and O–H groups in total. The maximum atomic E-state index is 2.55. The van der Waals surface area contributed by atoms with Crippen molar-refractivity contribution in [2.75, 3.05) is 0 Å². The lowest BCUT2D eigenvalue weighted by Gasteiger charge is -2.30. The van der Waals surface area contributed by atoms with E-state index in [0.717, 1.165) is 6.42 Å². The van der Waals surface area contributed by atoms with Crippen LogP contribution >= 0.6 is 0 Å². The Morgan fingerprint density at radius 2 is 1.21 bits per heavy atom. The summed E-state index contributed by atoms with van der Waals surface area (Å²) in [5.41, 5.74) is 16.4. The van der Waals surface area contributed by atoms with Crippen LogP contribution in [0.3, 0.4) is 0 Å². The summed E-state index contributed by atoms with van der Waals surface area (Å²) in [5.74, 6) is 0.375. The molecular weight excluding hydrogens is 506 g/mol. The largest absolute Gasteiger partial charge is 0.309 e. The second kappa shape index (κ2) is 8.57. The van der Waals surface area contributed by atoms with Crippen LogP contribution in [0.2, 0.25) is 0 Å². The van der Waals surface area contributed by atoms with Crippen LogP contribution in [-0.2, 0) is 11.8 Å². The van der Waals surface area contributed by atoms with Crippen LogP contribution in [0.15, 0.2) is 133 Å². The molecule has 42 heavy (non-hydrogen) atoms. The zero-order chi connectivity index (χ0) is 28.0. The van der Waals surface area contributed by atoms with E-state index in [1.54, 1.807) is 0 Å². The van der Waals surface area contributed by atoms with Crippen molar-refractivity contribution in [1.29, 1.82) is 0 Å². The number of nitrogens with zero attached hydrogens (tertiary/aromatic N) is 1. The SMILES string of the molecule is CC1(C)c2cc3c(cc2-c2cc4c5ccccc5n(-c5ccccc5)c4cc21)-c1ccccc1C(c1ccccc1)C3. The van der Waals surface area contributed by atoms with E-state index in [9.17, 15) is 0 Å². The van der Waals surface area contributed by atoms with Crippen LogP contribution in [-0.4, -0.2) is 4.57 Å². The standard InChI is InChI=1S/C41H31N/c1-41(2)37-22-27-21-32(26-13-5-3-6-14-26)29-17-9-10-18-30(29)33(27)23-34(37)35-24-36-31-19-11-12-20-39(31)42(40(36)25-38(35)41)28-15-7-4-8-16-28/h3-20,22-25,32H,21H2,1-2H3. The molecule has 0 saturated carbocycles. The zero-order valence-corrected chi connectivity index (χ0v) is 23.9. The highest BCUT2D eigenvalue weighted by Crippen LogP contribution is 2.54. The number of para-hydroxylation sites is 2. The van der Waals surface area contributed by atoms with Crippen LogP contribution in [0.4, 0.5) is 0 Å². The average Bonchev–Trinajstić information content (AvgIpc) is 3.47. The van der Waals surface area contributed by atoms with E-state index < -0.39 is 0 Å². The monoisotopic (exact) mass is 537 g/mol. The fourth-order valence-electron chi connectivity index (χ4n) is 7.92. The van der Waals surface area contributed by atoms with Gasteiger partial charge in [-0.05, 0) is 92.9 Å². The predicted octanol–water partition coefficient (Wildman–Crippen LogP) is 10.4. The van der Waals surface area contributed by atoms with Gasteiger partial charge in [-0.25, -0.2) is 0 Å². The fraction of sp³-hybridized carbons (Fsp3) is 0.122. The number of benzene rings is 6. The Bertz CT molecular complexity index is 2180. The zero-order valence-electron chi connectivity index (χ0n) is 23.9. The molecule has 1 heteroatoms. The van der Waals surface area contributed by atoms with Crippen molar-refractivity contribution >= 4 is 21.8 Å². The molecule has 0 radical (unpaired) electrons. The van der Waals surface area contributed by atoms with E-state index >= 15 is 0 Å². The van der Waals surface area contributed by atoms with Crippen molar-refractivity contribution in [3.63, 3.8) is 0 Å². The van der Waals surface area contributed by atoms with Gasteiger partial charge in [0.2, 0.25) is 0 Å². The third-order valence-corrected chi connectivity index (χ3v) is 9.96. The summed E-state index contributed by atoms with van der Waals surface area (Å²) in [5, 5.41) is 2.62. The number of hydrogen-bond donors (Lipinski definition) is 0. The Morgan fingerprint density at radius 3 is 2.05 bits per heavy atom. The lowest BCUT2D eigenvalue weighted by Crippen LogP contribution is -2.17. The van der Waals surface area contributed by atoms with E-state index in [4.69, 9.17) is 0 Å². The number of aromatic nitrogens is 1. The van der Waals surface area contributed by atoms with Crippen LogP contribution < -0.4 is 0 Å². The van der Waals surface area contributed by atoms with Gasteiger partial charge in [0.15, 0.2) is 0 Å². The molecule has 1 heterocycles. The topological polar surface area (TPSA) is 4.93 Å². The van der Waals surface area contributed by atoms with Crippen molar-refractivity contribution < 1.29 is 0 Å². The van der Waals surface area contributed by atoms with E-state index in [2.05, 4.69) is 152 Å². The molecule has 7 aromatic rings. The van der Waals surface area contributed by atoms with Gasteiger partial charge >= 0.3 is 0 Å². The van der Waals surface area contributed by atoms with Gasteiger partial charge < -0.3 is 4.57 Å². The number of rotatable bonds is 2. The smallest absolute Gasteiger partial charge is 0.0544 e. The molecule has 0 aliphatic heterocycles. The Kier molecular flexibility index (Phi) is 4.85. The molecule has 2 aliphatic carbocycles. The molecule has 1 aromatic heterocycles. The minimum atomic E-state index is -0.0922. The van der Waals surface area contributed by atoms with Crippen LogP contribution in [0.25, 0.3) is 49.7 Å². The molecule has 0 fully saturated rings. The molecule has 1 unspecified atom stereocenters. The maximum absolute atomic E-state index is 2.55. The number of hydrogen-bond acceptors (Lipinski definition) is 0. The Morgan fingerprint density at radius 1 is 0.548 bits per heavy atom. The van der Waals surface area contributed by atoms with Gasteiger partial charge in [-0.2, -0.15) is 0 Å². The molecule has 0 amide bonds. The summed E-state index contributed by atoms with van der Waals surface area (Å²) >= 11 is 0. The second-order valence-electron chi connectivity index (χ2n) is 12.5. The summed E-state index contributed by atoms with van der Waals surface area (Å²) in [6, 6.07) is 49.8. The first-order chi connectivity index (χ1) is 20.6. The molecule has 9 rings (SSSR count). The van der Waals surface area contributed by atoms with Gasteiger partial charge in [0.05, 0.1) is 11.0 Å². The first-order valence-electron chi connectivity index (χ1n) is 15.0. The van der Waals surface area contributed by atoms with Gasteiger partial charge in [-0.15, -0.1) is 0 Å². The fourth-order valence-corrected chi connectivity index (χ4v) is 7.92. The highest BCUT2D eigenvalue weighted by Gasteiger charge is 2.38. The molecular formula is C41H31N. The third-order valence-electron chi connectivity index (χ3n) is 9.96. The lowest BCUT2D eigenvalue weighted by molar-refractivity contribution is 0.658. The van der Waals surface area contributed by atoms with Crippen LogP contribution in [0, 0.1) is 0 Å². The summed E-state index contributed by atoms with van der Waals surface area (Å²) in [6.45, 7) is 4.83. The highest BCUT2D eigenvalue weighted by molar-refractivity contribution is 6.11. The van der Waals surface area contributed by atoms with E-state index in [-0.39, 0.29) is 5.41 Å². The first kappa shape index (κ1) is 23.8. The summed E-state index contributed by atoms with van der Waals surface area (Å²) in [4.78, 5) is 0. The van der Waals surface area contributed by atoms with Gasteiger partial charge in [0.1, 0.15) is 0 Å². The summed E-state index contributed by atoms with van der Waals surface area (Å²) < 4.78 is 2.44. The Labute approximate surface area is 246 Å². The molecule has 0 spiro atoms. The number of fused-ring (bicyclic) bond motifs is 9. The van der Waals surface area contributed by atoms with Gasteiger partial charge in [-0.3, -0.25) is 0 Å². The first-order valence-corrected chi connectivity index (χ1v) is 15.0. The van der Waals surface area contributed by atoms with E-state index in [1.807, 2.05) is 0 Å². The van der Waals surface area contributed by atoms with Crippen molar-refractivity contribution in [1.82, 2.24) is 4.57 Å². The Balaban J connectivity index is 1.30. The maximum Gasteiger partial charge on any atom is 0.0544 e. The van der Waals surface area contributed by atoms with Crippen LogP contribution in [0.5, 0.6) is 0 Å². The van der Waals surface area contributed by atoms with Gasteiger partial charge in [-0.1, -0.05) is 111 Å². The van der Waals surface area contributed by atoms with Gasteiger partial charge in [0, 0.05) is 27.8 Å². The molecule has 1 nitrogen and oxygen atoms in total. The van der Waals surface area contributed by atoms with Crippen molar-refractivity contribution in [3.8, 4) is 27.9 Å². The quantitative estimate of drug-likeness (QED) is 0.207. The molecule has 1 atom stereocenters. The normalized spacial score (nSPS) is 16.2. The molecule has 0 bridgehead atoms. The summed E-state index contributed by atoms with van der Waals surface area (Å²) in [6.07, 6.45) is 1.03. The van der Waals surface area contributed by atoms with Crippen molar-refractivity contribution in [2.24, 2.45) is 0 Å². The lowest BCUT2D eigenvalue weighted by atomic mass is 9.73. The minimum absolute atomic E-state index is 0.0922. The Hall–Kier alpha value is -4.88. The van der Waals surface area contributed by atoms with Crippen molar-refractivity contribution in [2.45, 2.75) is 31.6 Å². The van der Waals surface area contributed by atoms with E-state index in [1.165, 1.54) is 77.6 Å². The predicted molar refractivity (Wildman–Crippen MR) is 176 cm³/mol. The highest BCUT2D eigenvalue weighted by atomic mass is 15.0. The molecule has 0 saturated heterocycles. The summed E-state index contributed by atoms with van der Waals surface area (Å²) in [7, 11) is 0. The van der Waals surface area contributed by atoms with Crippen molar-refractivity contribution in [3.05, 3.63) is 161 Å². The third kappa shape index (κ3) is 3.20. The molecule has 2 aliphatic rings. The average molecular weight is 538 g/mol.